The fraction of sp³-hybridized carbons (Fsp3) is 0.364. The molecule has 1 N–H and O–H groups in total. The van der Waals surface area contributed by atoms with E-state index in [0.29, 0.717) is 11.4 Å². The second-order valence-electron chi connectivity index (χ2n) is 8.14. The highest BCUT2D eigenvalue weighted by Gasteiger charge is 2.22. The monoisotopic (exact) mass is 447 g/mol. The Labute approximate surface area is 183 Å². The van der Waals surface area contributed by atoms with Crippen molar-refractivity contribution in [3.05, 3.63) is 54.6 Å². The Kier molecular flexibility index (Phi) is 7.80. The summed E-state index contributed by atoms with van der Waals surface area (Å²) in [5.74, 6) is -0.852. The summed E-state index contributed by atoms with van der Waals surface area (Å²) >= 11 is 0. The van der Waals surface area contributed by atoms with Gasteiger partial charge < -0.3 is 15.0 Å². The Balaban J connectivity index is 2.16. The van der Waals surface area contributed by atoms with E-state index < -0.39 is 27.5 Å². The van der Waals surface area contributed by atoms with Gasteiger partial charge in [0.2, 0.25) is 15.9 Å². The van der Waals surface area contributed by atoms with Crippen molar-refractivity contribution in [2.24, 2.45) is 0 Å². The minimum absolute atomic E-state index is 0.0731. The van der Waals surface area contributed by atoms with E-state index in [9.17, 15) is 18.0 Å². The molecular formula is C22H29N3O5S. The highest BCUT2D eigenvalue weighted by Crippen LogP contribution is 2.19. The van der Waals surface area contributed by atoms with Gasteiger partial charge in [-0.25, -0.2) is 12.7 Å². The van der Waals surface area contributed by atoms with Gasteiger partial charge in [-0.2, -0.15) is 0 Å². The van der Waals surface area contributed by atoms with Crippen molar-refractivity contribution in [2.75, 3.05) is 37.4 Å². The van der Waals surface area contributed by atoms with Crippen LogP contribution in [0, 0.1) is 0 Å². The van der Waals surface area contributed by atoms with Crippen LogP contribution in [-0.2, 0) is 24.3 Å². The number of ether oxygens (including phenoxy) is 1. The quantitative estimate of drug-likeness (QED) is 0.625. The van der Waals surface area contributed by atoms with Crippen LogP contribution in [0.2, 0.25) is 0 Å². The highest BCUT2D eigenvalue weighted by atomic mass is 32.2. The minimum Gasteiger partial charge on any atom is -0.459 e. The largest absolute Gasteiger partial charge is 0.459 e. The number of hydrogen-bond acceptors (Lipinski definition) is 6. The molecule has 31 heavy (non-hydrogen) atoms. The molecule has 2 aromatic carbocycles. The standard InChI is InChI=1S/C22H29N3O5S/c1-22(2,3)30-21(27)16-25(18-11-7-6-8-12-18)15-20(26)23-17-10-9-13-19(14-17)31(28,29)24(4)5/h6-14H,15-16H2,1-5H3,(H,23,26). The summed E-state index contributed by atoms with van der Waals surface area (Å²) in [5, 5.41) is 2.70. The van der Waals surface area contributed by atoms with Crippen molar-refractivity contribution < 1.29 is 22.7 Å². The summed E-state index contributed by atoms with van der Waals surface area (Å²) in [6, 6.07) is 15.1. The Morgan fingerprint density at radius 1 is 0.968 bits per heavy atom. The topological polar surface area (TPSA) is 96.0 Å². The van der Waals surface area contributed by atoms with Gasteiger partial charge in [-0.05, 0) is 51.1 Å². The summed E-state index contributed by atoms with van der Waals surface area (Å²) in [4.78, 5) is 26.7. The van der Waals surface area contributed by atoms with Gasteiger partial charge in [0.25, 0.3) is 0 Å². The number of carbonyl (C=O) groups is 2. The molecule has 0 unspecified atom stereocenters. The van der Waals surface area contributed by atoms with Crippen molar-refractivity contribution in [3.63, 3.8) is 0 Å². The molecule has 0 aliphatic heterocycles. The molecule has 0 fully saturated rings. The van der Waals surface area contributed by atoms with E-state index in [0.717, 1.165) is 4.31 Å². The van der Waals surface area contributed by atoms with Gasteiger partial charge in [0.15, 0.2) is 0 Å². The number of rotatable bonds is 8. The average Bonchev–Trinajstić information content (AvgIpc) is 2.66. The fourth-order valence-corrected chi connectivity index (χ4v) is 3.67. The fourth-order valence-electron chi connectivity index (χ4n) is 2.73. The zero-order valence-electron chi connectivity index (χ0n) is 18.5. The van der Waals surface area contributed by atoms with Gasteiger partial charge in [-0.1, -0.05) is 24.3 Å². The van der Waals surface area contributed by atoms with Crippen LogP contribution in [0.15, 0.2) is 59.5 Å². The summed E-state index contributed by atoms with van der Waals surface area (Å²) in [5.41, 5.74) is 0.394. The summed E-state index contributed by atoms with van der Waals surface area (Å²) in [7, 11) is -0.745. The molecule has 0 spiro atoms. The molecule has 0 aliphatic rings. The maximum atomic E-state index is 12.7. The third kappa shape index (κ3) is 7.37. The lowest BCUT2D eigenvalue weighted by atomic mass is 10.2. The van der Waals surface area contributed by atoms with Gasteiger partial charge in [0, 0.05) is 25.5 Å². The van der Waals surface area contributed by atoms with Crippen LogP contribution < -0.4 is 10.2 Å². The maximum absolute atomic E-state index is 12.7. The van der Waals surface area contributed by atoms with Crippen LogP contribution >= 0.6 is 0 Å². The van der Waals surface area contributed by atoms with E-state index in [1.165, 1.54) is 26.2 Å². The second kappa shape index (κ2) is 9.93. The van der Waals surface area contributed by atoms with Crippen molar-refractivity contribution in [1.29, 1.82) is 0 Å². The first kappa shape index (κ1) is 24.4. The van der Waals surface area contributed by atoms with Crippen molar-refractivity contribution in [1.82, 2.24) is 4.31 Å². The number of nitrogens with one attached hydrogen (secondary N) is 1. The lowest BCUT2D eigenvalue weighted by Crippen LogP contribution is -2.39. The number of anilines is 2. The van der Waals surface area contributed by atoms with E-state index in [4.69, 9.17) is 4.74 Å². The van der Waals surface area contributed by atoms with Gasteiger partial charge in [-0.15, -0.1) is 0 Å². The first-order valence-corrected chi connectivity index (χ1v) is 11.2. The predicted octanol–water partition coefficient (Wildman–Crippen LogP) is 2.72. The molecule has 0 radical (unpaired) electrons. The Hall–Kier alpha value is -2.91. The molecule has 2 aromatic rings. The van der Waals surface area contributed by atoms with Crippen LogP contribution in [0.25, 0.3) is 0 Å². The van der Waals surface area contributed by atoms with Crippen molar-refractivity contribution in [2.45, 2.75) is 31.3 Å². The normalized spacial score (nSPS) is 11.8. The van der Waals surface area contributed by atoms with Crippen LogP contribution in [0.3, 0.4) is 0 Å². The van der Waals surface area contributed by atoms with E-state index in [-0.39, 0.29) is 18.0 Å². The molecule has 168 valence electrons. The van der Waals surface area contributed by atoms with Gasteiger partial charge in [0.05, 0.1) is 11.4 Å². The van der Waals surface area contributed by atoms with E-state index >= 15 is 0 Å². The van der Waals surface area contributed by atoms with Crippen LogP contribution in [0.5, 0.6) is 0 Å². The Morgan fingerprint density at radius 2 is 1.61 bits per heavy atom. The second-order valence-corrected chi connectivity index (χ2v) is 10.3. The number of carbonyl (C=O) groups excluding carboxylic acids is 2. The molecule has 0 aromatic heterocycles. The molecule has 1 amide bonds. The number of nitrogens with zero attached hydrogens (tertiary/aromatic N) is 2. The van der Waals surface area contributed by atoms with E-state index in [1.54, 1.807) is 49.9 Å². The Morgan fingerprint density at radius 3 is 2.19 bits per heavy atom. The first-order chi connectivity index (χ1) is 14.4. The molecule has 2 rings (SSSR count). The smallest absolute Gasteiger partial charge is 0.326 e. The number of hydrogen-bond donors (Lipinski definition) is 1. The molecule has 0 heterocycles. The van der Waals surface area contributed by atoms with Gasteiger partial charge >= 0.3 is 5.97 Å². The van der Waals surface area contributed by atoms with Crippen molar-refractivity contribution >= 4 is 33.3 Å². The zero-order valence-corrected chi connectivity index (χ0v) is 19.3. The third-order valence-electron chi connectivity index (χ3n) is 4.09. The van der Waals surface area contributed by atoms with Crippen LogP contribution in [0.4, 0.5) is 11.4 Å². The SMILES string of the molecule is CN(C)S(=O)(=O)c1cccc(NC(=O)CN(CC(=O)OC(C)(C)C)c2ccccc2)c1. The average molecular weight is 448 g/mol. The van der Waals surface area contributed by atoms with Gasteiger partial charge in [-0.3, -0.25) is 9.59 Å². The molecule has 9 heteroatoms. The third-order valence-corrected chi connectivity index (χ3v) is 5.90. The van der Waals surface area contributed by atoms with Gasteiger partial charge in [0.1, 0.15) is 12.1 Å². The number of amides is 1. The Bertz CT molecular complexity index is 1010. The van der Waals surface area contributed by atoms with Crippen molar-refractivity contribution in [3.8, 4) is 0 Å². The predicted molar refractivity (Wildman–Crippen MR) is 120 cm³/mol. The van der Waals surface area contributed by atoms with E-state index in [1.807, 2.05) is 18.2 Å². The first-order valence-electron chi connectivity index (χ1n) is 9.73. The lowest BCUT2D eigenvalue weighted by molar-refractivity contribution is -0.152. The maximum Gasteiger partial charge on any atom is 0.326 e. The summed E-state index contributed by atoms with van der Waals surface area (Å²) in [6.45, 7) is 5.11. The number of sulfonamides is 1. The summed E-state index contributed by atoms with van der Waals surface area (Å²) in [6.07, 6.45) is 0. The number of esters is 1. The number of benzene rings is 2. The summed E-state index contributed by atoms with van der Waals surface area (Å²) < 4.78 is 31.1. The molecule has 0 bridgehead atoms. The molecule has 8 nitrogen and oxygen atoms in total. The van der Waals surface area contributed by atoms with E-state index in [2.05, 4.69) is 5.32 Å². The molecular weight excluding hydrogens is 418 g/mol. The minimum atomic E-state index is -3.62. The number of para-hydroxylation sites is 1. The van der Waals surface area contributed by atoms with Crippen LogP contribution in [0.1, 0.15) is 20.8 Å². The lowest BCUT2D eigenvalue weighted by Gasteiger charge is -2.26. The molecule has 0 saturated carbocycles. The molecule has 0 saturated heterocycles. The zero-order chi connectivity index (χ0) is 23.2. The highest BCUT2D eigenvalue weighted by molar-refractivity contribution is 7.89. The van der Waals surface area contributed by atoms with Crippen LogP contribution in [-0.4, -0.2) is 57.4 Å². The molecule has 0 aliphatic carbocycles. The molecule has 0 atom stereocenters.